The first kappa shape index (κ1) is 18.5. The van der Waals surface area contributed by atoms with E-state index in [1.807, 2.05) is 18.2 Å². The molecule has 1 N–H and O–H groups in total. The highest BCUT2D eigenvalue weighted by molar-refractivity contribution is 5.76. The number of aryl methyl sites for hydroxylation is 1. The van der Waals surface area contributed by atoms with Crippen LogP contribution in [0, 0.1) is 5.82 Å². The number of rotatable bonds is 7. The number of benzene rings is 2. The van der Waals surface area contributed by atoms with Gasteiger partial charge in [-0.25, -0.2) is 4.39 Å². The third-order valence-electron chi connectivity index (χ3n) is 4.72. The molecule has 0 aromatic heterocycles. The van der Waals surface area contributed by atoms with Crippen molar-refractivity contribution in [2.75, 3.05) is 32.8 Å². The molecule has 0 bridgehead atoms. The Morgan fingerprint density at radius 3 is 2.46 bits per heavy atom. The van der Waals surface area contributed by atoms with E-state index in [9.17, 15) is 9.18 Å². The maximum atomic E-state index is 12.9. The topological polar surface area (TPSA) is 41.6 Å². The zero-order valence-electron chi connectivity index (χ0n) is 14.9. The largest absolute Gasteiger partial charge is 0.379 e. The second-order valence-corrected chi connectivity index (χ2v) is 6.51. The summed E-state index contributed by atoms with van der Waals surface area (Å²) in [5.74, 6) is -0.238. The predicted octanol–water partition coefficient (Wildman–Crippen LogP) is 2.95. The number of nitrogens with one attached hydrogen (secondary N) is 1. The van der Waals surface area contributed by atoms with Crippen molar-refractivity contribution >= 4 is 5.91 Å². The third-order valence-corrected chi connectivity index (χ3v) is 4.72. The molecule has 0 saturated carbocycles. The highest BCUT2D eigenvalue weighted by atomic mass is 19.1. The molecule has 1 saturated heterocycles. The summed E-state index contributed by atoms with van der Waals surface area (Å²) < 4.78 is 18.4. The van der Waals surface area contributed by atoms with E-state index in [-0.39, 0.29) is 17.8 Å². The molecule has 26 heavy (non-hydrogen) atoms. The van der Waals surface area contributed by atoms with Crippen molar-refractivity contribution in [1.29, 1.82) is 0 Å². The SMILES string of the molecule is O=C(CCc1ccc(F)cc1)NCC(c1ccccc1)N1CCOCC1. The first-order chi connectivity index (χ1) is 12.7. The van der Waals surface area contributed by atoms with Crippen molar-refractivity contribution in [2.45, 2.75) is 18.9 Å². The van der Waals surface area contributed by atoms with Gasteiger partial charge in [0.15, 0.2) is 0 Å². The highest BCUT2D eigenvalue weighted by Gasteiger charge is 2.22. The monoisotopic (exact) mass is 356 g/mol. The molecule has 4 nitrogen and oxygen atoms in total. The molecular formula is C21H25FN2O2. The fourth-order valence-corrected chi connectivity index (χ4v) is 3.23. The maximum Gasteiger partial charge on any atom is 0.220 e. The Kier molecular flexibility index (Phi) is 6.75. The average Bonchev–Trinajstić information content (AvgIpc) is 2.69. The van der Waals surface area contributed by atoms with Gasteiger partial charge in [0, 0.05) is 26.1 Å². The van der Waals surface area contributed by atoms with Crippen molar-refractivity contribution in [3.63, 3.8) is 0 Å². The van der Waals surface area contributed by atoms with Gasteiger partial charge in [0.2, 0.25) is 5.91 Å². The molecule has 1 heterocycles. The summed E-state index contributed by atoms with van der Waals surface area (Å²) in [6, 6.07) is 16.7. The molecular weight excluding hydrogens is 331 g/mol. The predicted molar refractivity (Wildman–Crippen MR) is 99.3 cm³/mol. The van der Waals surface area contributed by atoms with Crippen molar-refractivity contribution in [1.82, 2.24) is 10.2 Å². The second kappa shape index (κ2) is 9.46. The van der Waals surface area contributed by atoms with Crippen LogP contribution in [-0.4, -0.2) is 43.7 Å². The number of nitrogens with zero attached hydrogens (tertiary/aromatic N) is 1. The van der Waals surface area contributed by atoms with Crippen LogP contribution in [0.25, 0.3) is 0 Å². The number of morpholine rings is 1. The van der Waals surface area contributed by atoms with Gasteiger partial charge < -0.3 is 10.1 Å². The standard InChI is InChI=1S/C21H25FN2O2/c22-19-9-6-17(7-10-19)8-11-21(25)23-16-20(18-4-2-1-3-5-18)24-12-14-26-15-13-24/h1-7,9-10,20H,8,11-16H2,(H,23,25). The number of hydrogen-bond donors (Lipinski definition) is 1. The Morgan fingerprint density at radius 1 is 1.08 bits per heavy atom. The van der Waals surface area contributed by atoms with Crippen LogP contribution < -0.4 is 5.32 Å². The Hall–Kier alpha value is -2.24. The molecule has 3 rings (SSSR count). The summed E-state index contributed by atoms with van der Waals surface area (Å²) in [7, 11) is 0. The summed E-state index contributed by atoms with van der Waals surface area (Å²) in [4.78, 5) is 14.6. The fourth-order valence-electron chi connectivity index (χ4n) is 3.23. The number of amides is 1. The van der Waals surface area contributed by atoms with Gasteiger partial charge in [-0.05, 0) is 29.7 Å². The van der Waals surface area contributed by atoms with Crippen LogP contribution in [0.3, 0.4) is 0 Å². The quantitative estimate of drug-likeness (QED) is 0.829. The molecule has 1 amide bonds. The van der Waals surface area contributed by atoms with E-state index in [0.717, 1.165) is 31.9 Å². The minimum atomic E-state index is -0.255. The van der Waals surface area contributed by atoms with Crippen molar-refractivity contribution < 1.29 is 13.9 Å². The van der Waals surface area contributed by atoms with Gasteiger partial charge >= 0.3 is 0 Å². The number of carbonyl (C=O) groups excluding carboxylic acids is 1. The Labute approximate surface area is 154 Å². The van der Waals surface area contributed by atoms with Gasteiger partial charge in [-0.1, -0.05) is 42.5 Å². The van der Waals surface area contributed by atoms with Crippen LogP contribution in [-0.2, 0) is 16.0 Å². The van der Waals surface area contributed by atoms with E-state index < -0.39 is 0 Å². The summed E-state index contributed by atoms with van der Waals surface area (Å²) in [5.41, 5.74) is 2.17. The third kappa shape index (κ3) is 5.38. The molecule has 2 aromatic carbocycles. The van der Waals surface area contributed by atoms with Gasteiger partial charge in [0.25, 0.3) is 0 Å². The van der Waals surface area contributed by atoms with E-state index in [1.54, 1.807) is 12.1 Å². The highest BCUT2D eigenvalue weighted by Crippen LogP contribution is 2.21. The van der Waals surface area contributed by atoms with Gasteiger partial charge in [0.05, 0.1) is 19.3 Å². The lowest BCUT2D eigenvalue weighted by Gasteiger charge is -2.35. The molecule has 0 spiro atoms. The molecule has 1 unspecified atom stereocenters. The van der Waals surface area contributed by atoms with Crippen molar-refractivity contribution in [3.05, 3.63) is 71.5 Å². The maximum absolute atomic E-state index is 12.9. The summed E-state index contributed by atoms with van der Waals surface area (Å²) in [6.45, 7) is 3.76. The van der Waals surface area contributed by atoms with Crippen LogP contribution in [0.15, 0.2) is 54.6 Å². The van der Waals surface area contributed by atoms with E-state index in [1.165, 1.54) is 17.7 Å². The Bertz CT molecular complexity index is 685. The fraction of sp³-hybridized carbons (Fsp3) is 0.381. The summed E-state index contributed by atoms with van der Waals surface area (Å²) in [5, 5.41) is 3.06. The van der Waals surface area contributed by atoms with E-state index in [2.05, 4.69) is 22.3 Å². The molecule has 1 fully saturated rings. The molecule has 5 heteroatoms. The first-order valence-corrected chi connectivity index (χ1v) is 9.10. The van der Waals surface area contributed by atoms with Crippen molar-refractivity contribution in [2.24, 2.45) is 0 Å². The lowest BCUT2D eigenvalue weighted by Crippen LogP contribution is -2.43. The van der Waals surface area contributed by atoms with Crippen LogP contribution in [0.5, 0.6) is 0 Å². The van der Waals surface area contributed by atoms with Crippen molar-refractivity contribution in [3.8, 4) is 0 Å². The van der Waals surface area contributed by atoms with Crippen LogP contribution in [0.2, 0.25) is 0 Å². The lowest BCUT2D eigenvalue weighted by molar-refractivity contribution is -0.121. The van der Waals surface area contributed by atoms with Gasteiger partial charge in [-0.15, -0.1) is 0 Å². The van der Waals surface area contributed by atoms with E-state index >= 15 is 0 Å². The van der Waals surface area contributed by atoms with E-state index in [0.29, 0.717) is 19.4 Å². The number of halogens is 1. The number of hydrogen-bond acceptors (Lipinski definition) is 3. The van der Waals surface area contributed by atoms with Gasteiger partial charge in [0.1, 0.15) is 5.82 Å². The average molecular weight is 356 g/mol. The summed E-state index contributed by atoms with van der Waals surface area (Å²) in [6.07, 6.45) is 1.01. The Morgan fingerprint density at radius 2 is 1.77 bits per heavy atom. The zero-order valence-corrected chi connectivity index (χ0v) is 14.9. The van der Waals surface area contributed by atoms with E-state index in [4.69, 9.17) is 4.74 Å². The Balaban J connectivity index is 1.54. The first-order valence-electron chi connectivity index (χ1n) is 9.10. The number of ether oxygens (including phenoxy) is 1. The minimum Gasteiger partial charge on any atom is -0.379 e. The van der Waals surface area contributed by atoms with Gasteiger partial charge in [-0.2, -0.15) is 0 Å². The molecule has 138 valence electrons. The second-order valence-electron chi connectivity index (χ2n) is 6.51. The van der Waals surface area contributed by atoms with Crippen LogP contribution in [0.4, 0.5) is 4.39 Å². The molecule has 2 aromatic rings. The smallest absolute Gasteiger partial charge is 0.220 e. The molecule has 1 aliphatic heterocycles. The van der Waals surface area contributed by atoms with Gasteiger partial charge in [-0.3, -0.25) is 9.69 Å². The molecule has 1 atom stereocenters. The minimum absolute atomic E-state index is 0.0171. The zero-order chi connectivity index (χ0) is 18.2. The molecule has 0 radical (unpaired) electrons. The molecule has 1 aliphatic rings. The molecule has 0 aliphatic carbocycles. The van der Waals surface area contributed by atoms with Crippen LogP contribution in [0.1, 0.15) is 23.6 Å². The number of carbonyl (C=O) groups is 1. The van der Waals surface area contributed by atoms with Crippen LogP contribution >= 0.6 is 0 Å². The normalized spacial score (nSPS) is 16.2. The lowest BCUT2D eigenvalue weighted by atomic mass is 10.0. The summed E-state index contributed by atoms with van der Waals surface area (Å²) >= 11 is 0.